The average molecular weight is 248 g/mol. The van der Waals surface area contributed by atoms with Crippen molar-refractivity contribution >= 4 is 11.8 Å². The molecule has 16 heavy (non-hydrogen) atoms. The number of hydrogen-bond acceptors (Lipinski definition) is 3. The Bertz CT molecular complexity index is 147. The number of aliphatic hydroxyl groups is 2. The molecule has 0 bridgehead atoms. The quantitative estimate of drug-likeness (QED) is 0.552. The first-order valence-corrected chi connectivity index (χ1v) is 7.63. The standard InChI is InChI=1S/C13H28O2S/c1-3-4-5-6-7-8-9-16-12-13(2,10-14)11-15/h14-15H,3-12H2,1-2H3. The van der Waals surface area contributed by atoms with Gasteiger partial charge in [-0.25, -0.2) is 0 Å². The van der Waals surface area contributed by atoms with Gasteiger partial charge in [-0.1, -0.05) is 46.0 Å². The Balaban J connectivity index is 3.26. The molecule has 0 fully saturated rings. The summed E-state index contributed by atoms with van der Waals surface area (Å²) in [6.45, 7) is 4.32. The molecule has 0 saturated carbocycles. The van der Waals surface area contributed by atoms with Crippen LogP contribution in [0, 0.1) is 5.41 Å². The van der Waals surface area contributed by atoms with Gasteiger partial charge >= 0.3 is 0 Å². The van der Waals surface area contributed by atoms with E-state index in [9.17, 15) is 0 Å². The van der Waals surface area contributed by atoms with Crippen molar-refractivity contribution in [1.29, 1.82) is 0 Å². The molecule has 0 aliphatic heterocycles. The van der Waals surface area contributed by atoms with E-state index in [4.69, 9.17) is 10.2 Å². The van der Waals surface area contributed by atoms with Crippen LogP contribution in [0.15, 0.2) is 0 Å². The lowest BCUT2D eigenvalue weighted by Gasteiger charge is -2.23. The lowest BCUT2D eigenvalue weighted by atomic mass is 9.96. The molecule has 0 heterocycles. The van der Waals surface area contributed by atoms with E-state index in [1.807, 2.05) is 18.7 Å². The average Bonchev–Trinajstić information content (AvgIpc) is 2.32. The van der Waals surface area contributed by atoms with Gasteiger partial charge in [0.15, 0.2) is 0 Å². The van der Waals surface area contributed by atoms with Crippen LogP contribution in [-0.2, 0) is 0 Å². The lowest BCUT2D eigenvalue weighted by Crippen LogP contribution is -2.28. The maximum absolute atomic E-state index is 9.11. The molecule has 2 nitrogen and oxygen atoms in total. The van der Waals surface area contributed by atoms with Gasteiger partial charge in [0.25, 0.3) is 0 Å². The summed E-state index contributed by atoms with van der Waals surface area (Å²) in [5.74, 6) is 2.01. The van der Waals surface area contributed by atoms with Crippen LogP contribution >= 0.6 is 11.8 Å². The third-order valence-corrected chi connectivity index (χ3v) is 4.33. The first kappa shape index (κ1) is 16.3. The first-order valence-electron chi connectivity index (χ1n) is 6.48. The van der Waals surface area contributed by atoms with Crippen molar-refractivity contribution in [1.82, 2.24) is 0 Å². The minimum Gasteiger partial charge on any atom is -0.396 e. The summed E-state index contributed by atoms with van der Waals surface area (Å²) in [6, 6.07) is 0. The van der Waals surface area contributed by atoms with Gasteiger partial charge in [0.05, 0.1) is 13.2 Å². The molecule has 0 unspecified atom stereocenters. The van der Waals surface area contributed by atoms with Crippen LogP contribution in [0.3, 0.4) is 0 Å². The highest BCUT2D eigenvalue weighted by Gasteiger charge is 2.21. The Morgan fingerprint density at radius 3 is 2.06 bits per heavy atom. The van der Waals surface area contributed by atoms with Gasteiger partial charge in [0.1, 0.15) is 0 Å². The third kappa shape index (κ3) is 8.43. The predicted octanol–water partition coefficient (Wildman–Crippen LogP) is 3.07. The summed E-state index contributed by atoms with van der Waals surface area (Å²) in [7, 11) is 0. The fraction of sp³-hybridized carbons (Fsp3) is 1.00. The summed E-state index contributed by atoms with van der Waals surface area (Å²) in [5.41, 5.74) is -0.299. The lowest BCUT2D eigenvalue weighted by molar-refractivity contribution is 0.0895. The molecule has 3 heteroatoms. The zero-order valence-electron chi connectivity index (χ0n) is 10.9. The Morgan fingerprint density at radius 2 is 1.50 bits per heavy atom. The zero-order valence-corrected chi connectivity index (χ0v) is 11.7. The zero-order chi connectivity index (χ0) is 12.3. The first-order chi connectivity index (χ1) is 7.68. The largest absolute Gasteiger partial charge is 0.396 e. The van der Waals surface area contributed by atoms with Gasteiger partial charge in [-0.3, -0.25) is 0 Å². The molecule has 2 N–H and O–H groups in total. The molecule has 0 aliphatic carbocycles. The van der Waals surface area contributed by atoms with Crippen molar-refractivity contribution in [3.05, 3.63) is 0 Å². The minimum atomic E-state index is -0.299. The van der Waals surface area contributed by atoms with Crippen LogP contribution in [0.4, 0.5) is 0 Å². The second-order valence-electron chi connectivity index (χ2n) is 4.95. The Kier molecular flexibility index (Phi) is 10.6. The van der Waals surface area contributed by atoms with E-state index in [1.54, 1.807) is 0 Å². The molecule has 0 aliphatic rings. The van der Waals surface area contributed by atoms with Gasteiger partial charge in [-0.05, 0) is 12.2 Å². The SMILES string of the molecule is CCCCCCCCSCC(C)(CO)CO. The van der Waals surface area contributed by atoms with E-state index in [1.165, 1.54) is 38.5 Å². The van der Waals surface area contributed by atoms with Gasteiger partial charge in [0, 0.05) is 11.2 Å². The molecular formula is C13H28O2S. The molecule has 0 aromatic rings. The van der Waals surface area contributed by atoms with Crippen molar-refractivity contribution in [2.75, 3.05) is 24.7 Å². The van der Waals surface area contributed by atoms with Crippen LogP contribution in [0.25, 0.3) is 0 Å². The van der Waals surface area contributed by atoms with E-state index < -0.39 is 0 Å². The van der Waals surface area contributed by atoms with Gasteiger partial charge in [-0.2, -0.15) is 11.8 Å². The second-order valence-corrected chi connectivity index (χ2v) is 6.05. The van der Waals surface area contributed by atoms with E-state index in [-0.39, 0.29) is 18.6 Å². The summed E-state index contributed by atoms with van der Waals surface area (Å²) in [4.78, 5) is 0. The fourth-order valence-corrected chi connectivity index (χ4v) is 2.67. The molecule has 98 valence electrons. The maximum Gasteiger partial charge on any atom is 0.0514 e. The number of rotatable bonds is 11. The van der Waals surface area contributed by atoms with Crippen molar-refractivity contribution in [2.24, 2.45) is 5.41 Å². The topological polar surface area (TPSA) is 40.5 Å². The molecule has 0 spiro atoms. The molecule has 0 amide bonds. The van der Waals surface area contributed by atoms with E-state index >= 15 is 0 Å². The van der Waals surface area contributed by atoms with E-state index in [0.29, 0.717) is 0 Å². The molecule has 0 atom stereocenters. The minimum absolute atomic E-state index is 0.0764. The number of thioether (sulfide) groups is 1. The molecule has 0 aromatic heterocycles. The number of unbranched alkanes of at least 4 members (excludes halogenated alkanes) is 5. The molecule has 0 aromatic carbocycles. The smallest absolute Gasteiger partial charge is 0.0514 e. The summed E-state index contributed by atoms with van der Waals surface area (Å²) in [6.07, 6.45) is 7.97. The number of hydrogen-bond donors (Lipinski definition) is 2. The third-order valence-electron chi connectivity index (χ3n) is 2.86. The van der Waals surface area contributed by atoms with Gasteiger partial charge in [0.2, 0.25) is 0 Å². The summed E-state index contributed by atoms with van der Waals surface area (Å²) >= 11 is 1.85. The fourth-order valence-electron chi connectivity index (χ4n) is 1.44. The van der Waals surface area contributed by atoms with Crippen LogP contribution < -0.4 is 0 Å². The summed E-state index contributed by atoms with van der Waals surface area (Å²) in [5, 5.41) is 18.2. The highest BCUT2D eigenvalue weighted by Crippen LogP contribution is 2.22. The molecule has 0 saturated heterocycles. The van der Waals surface area contributed by atoms with Crippen molar-refractivity contribution in [3.8, 4) is 0 Å². The van der Waals surface area contributed by atoms with Crippen molar-refractivity contribution < 1.29 is 10.2 Å². The Labute approximate surface area is 105 Å². The van der Waals surface area contributed by atoms with Crippen LogP contribution in [0.1, 0.15) is 52.4 Å². The second kappa shape index (κ2) is 10.4. The van der Waals surface area contributed by atoms with Crippen molar-refractivity contribution in [3.63, 3.8) is 0 Å². The van der Waals surface area contributed by atoms with Gasteiger partial charge < -0.3 is 10.2 Å². The van der Waals surface area contributed by atoms with E-state index in [2.05, 4.69) is 6.92 Å². The van der Waals surface area contributed by atoms with Crippen LogP contribution in [0.2, 0.25) is 0 Å². The van der Waals surface area contributed by atoms with Crippen LogP contribution in [0.5, 0.6) is 0 Å². The van der Waals surface area contributed by atoms with Crippen molar-refractivity contribution in [2.45, 2.75) is 52.4 Å². The predicted molar refractivity (Wildman–Crippen MR) is 73.0 cm³/mol. The maximum atomic E-state index is 9.11. The Hall–Kier alpha value is 0.270. The highest BCUT2D eigenvalue weighted by atomic mass is 32.2. The van der Waals surface area contributed by atoms with Crippen LogP contribution in [-0.4, -0.2) is 34.9 Å². The monoisotopic (exact) mass is 248 g/mol. The Morgan fingerprint density at radius 1 is 0.938 bits per heavy atom. The number of aliphatic hydroxyl groups excluding tert-OH is 2. The normalized spacial score (nSPS) is 12.0. The molecular weight excluding hydrogens is 220 g/mol. The molecule has 0 radical (unpaired) electrons. The molecule has 0 rings (SSSR count). The highest BCUT2D eigenvalue weighted by molar-refractivity contribution is 7.99. The van der Waals surface area contributed by atoms with Gasteiger partial charge in [-0.15, -0.1) is 0 Å². The summed E-state index contributed by atoms with van der Waals surface area (Å²) < 4.78 is 0. The van der Waals surface area contributed by atoms with E-state index in [0.717, 1.165) is 11.5 Å².